The lowest BCUT2D eigenvalue weighted by atomic mass is 9.91. The summed E-state index contributed by atoms with van der Waals surface area (Å²) >= 11 is 0. The molecule has 7 heteroatoms. The molecule has 2 saturated heterocycles. The molecule has 2 aliphatic rings. The molecular formula is C16H25N3O3S. The van der Waals surface area contributed by atoms with Gasteiger partial charge >= 0.3 is 0 Å². The normalized spacial score (nSPS) is 22.3. The minimum atomic E-state index is -3.31. The van der Waals surface area contributed by atoms with Crippen molar-refractivity contribution in [2.75, 3.05) is 39.4 Å². The van der Waals surface area contributed by atoms with Crippen LogP contribution in [-0.4, -0.2) is 61.4 Å². The smallest absolute Gasteiger partial charge is 0.282 e. The Morgan fingerprint density at radius 2 is 1.83 bits per heavy atom. The third-order valence-corrected chi connectivity index (χ3v) is 6.72. The zero-order valence-electron chi connectivity index (χ0n) is 13.6. The van der Waals surface area contributed by atoms with Crippen LogP contribution in [0.25, 0.3) is 0 Å². The average Bonchev–Trinajstić information content (AvgIpc) is 2.56. The van der Waals surface area contributed by atoms with Crippen LogP contribution in [0.5, 0.6) is 0 Å². The van der Waals surface area contributed by atoms with Crippen LogP contribution in [0.4, 0.5) is 0 Å². The molecule has 23 heavy (non-hydrogen) atoms. The summed E-state index contributed by atoms with van der Waals surface area (Å²) in [7, 11) is -3.31. The minimum absolute atomic E-state index is 0.471. The molecule has 0 aliphatic carbocycles. The molecule has 0 spiro atoms. The zero-order chi connectivity index (χ0) is 16.3. The number of morpholine rings is 1. The molecular weight excluding hydrogens is 314 g/mol. The van der Waals surface area contributed by atoms with E-state index >= 15 is 0 Å². The molecule has 0 unspecified atom stereocenters. The molecule has 0 amide bonds. The molecule has 1 aromatic heterocycles. The number of hydrogen-bond acceptors (Lipinski definition) is 4. The second-order valence-electron chi connectivity index (χ2n) is 6.37. The number of ether oxygens (including phenoxy) is 1. The Labute approximate surface area is 138 Å². The standard InChI is InChI=1S/C16H25N3O3S/c1-14-12-16(2-5-17-14)13-15-3-6-18(7-4-15)23(20,21)19-8-10-22-11-9-19/h2,5,12,15H,3-4,6-11,13H2,1H3. The van der Waals surface area contributed by atoms with Gasteiger partial charge in [-0.25, -0.2) is 0 Å². The summed E-state index contributed by atoms with van der Waals surface area (Å²) in [5.41, 5.74) is 2.34. The summed E-state index contributed by atoms with van der Waals surface area (Å²) in [6, 6.07) is 4.18. The quantitative estimate of drug-likeness (QED) is 0.827. The fraction of sp³-hybridized carbons (Fsp3) is 0.688. The maximum atomic E-state index is 12.6. The fourth-order valence-electron chi connectivity index (χ4n) is 3.35. The van der Waals surface area contributed by atoms with Gasteiger partial charge in [-0.2, -0.15) is 17.0 Å². The minimum Gasteiger partial charge on any atom is -0.379 e. The summed E-state index contributed by atoms with van der Waals surface area (Å²) in [6.07, 6.45) is 4.70. The van der Waals surface area contributed by atoms with Gasteiger partial charge in [-0.15, -0.1) is 0 Å². The van der Waals surface area contributed by atoms with Gasteiger partial charge in [0.05, 0.1) is 13.2 Å². The summed E-state index contributed by atoms with van der Waals surface area (Å²) in [5, 5.41) is 0. The Kier molecular flexibility index (Phi) is 5.31. The van der Waals surface area contributed by atoms with E-state index in [0.717, 1.165) is 25.0 Å². The molecule has 6 nitrogen and oxygen atoms in total. The summed E-state index contributed by atoms with van der Waals surface area (Å²) in [4.78, 5) is 4.23. The monoisotopic (exact) mass is 339 g/mol. The maximum absolute atomic E-state index is 12.6. The highest BCUT2D eigenvalue weighted by Crippen LogP contribution is 2.25. The largest absolute Gasteiger partial charge is 0.379 e. The SMILES string of the molecule is Cc1cc(CC2CCN(S(=O)(=O)N3CCOCC3)CC2)ccn1. The van der Waals surface area contributed by atoms with E-state index < -0.39 is 10.2 Å². The van der Waals surface area contributed by atoms with E-state index in [1.54, 1.807) is 8.61 Å². The van der Waals surface area contributed by atoms with E-state index in [1.165, 1.54) is 5.56 Å². The van der Waals surface area contributed by atoms with Crippen molar-refractivity contribution in [3.63, 3.8) is 0 Å². The van der Waals surface area contributed by atoms with Crippen molar-refractivity contribution >= 4 is 10.2 Å². The van der Waals surface area contributed by atoms with Gasteiger partial charge in [0.2, 0.25) is 0 Å². The van der Waals surface area contributed by atoms with Gasteiger partial charge in [0.1, 0.15) is 0 Å². The molecule has 3 heterocycles. The van der Waals surface area contributed by atoms with Crippen LogP contribution >= 0.6 is 0 Å². The second kappa shape index (κ2) is 7.25. The van der Waals surface area contributed by atoms with Crippen LogP contribution in [-0.2, 0) is 21.4 Å². The number of rotatable bonds is 4. The predicted octanol–water partition coefficient (Wildman–Crippen LogP) is 1.22. The van der Waals surface area contributed by atoms with E-state index in [4.69, 9.17) is 4.74 Å². The molecule has 2 aliphatic heterocycles. The number of nitrogens with zero attached hydrogens (tertiary/aromatic N) is 3. The Bertz CT molecular complexity index is 621. The van der Waals surface area contributed by atoms with E-state index in [-0.39, 0.29) is 0 Å². The van der Waals surface area contributed by atoms with Crippen LogP contribution in [0, 0.1) is 12.8 Å². The molecule has 2 fully saturated rings. The molecule has 0 radical (unpaired) electrons. The van der Waals surface area contributed by atoms with Gasteiger partial charge in [0.25, 0.3) is 10.2 Å². The number of pyridine rings is 1. The number of aromatic nitrogens is 1. The molecule has 1 aromatic rings. The fourth-order valence-corrected chi connectivity index (χ4v) is 4.96. The molecule has 0 atom stereocenters. The molecule has 0 saturated carbocycles. The van der Waals surface area contributed by atoms with Crippen molar-refractivity contribution in [2.24, 2.45) is 5.92 Å². The molecule has 0 bridgehead atoms. The Balaban J connectivity index is 1.55. The molecule has 0 aromatic carbocycles. The van der Waals surface area contributed by atoms with Crippen LogP contribution in [0.3, 0.4) is 0 Å². The maximum Gasteiger partial charge on any atom is 0.282 e. The highest BCUT2D eigenvalue weighted by atomic mass is 32.2. The third kappa shape index (κ3) is 4.09. The zero-order valence-corrected chi connectivity index (χ0v) is 14.5. The lowest BCUT2D eigenvalue weighted by Gasteiger charge is -2.36. The Hall–Kier alpha value is -1.02. The van der Waals surface area contributed by atoms with Crippen molar-refractivity contribution < 1.29 is 13.2 Å². The van der Waals surface area contributed by atoms with E-state index in [9.17, 15) is 8.42 Å². The van der Waals surface area contributed by atoms with Crippen molar-refractivity contribution in [3.05, 3.63) is 29.6 Å². The number of aryl methyl sites for hydroxylation is 1. The van der Waals surface area contributed by atoms with Crippen molar-refractivity contribution in [1.29, 1.82) is 0 Å². The van der Waals surface area contributed by atoms with Crippen molar-refractivity contribution in [2.45, 2.75) is 26.2 Å². The highest BCUT2D eigenvalue weighted by molar-refractivity contribution is 7.86. The first-order valence-corrected chi connectivity index (χ1v) is 9.70. The van der Waals surface area contributed by atoms with Crippen molar-refractivity contribution in [3.8, 4) is 0 Å². The van der Waals surface area contributed by atoms with Gasteiger partial charge in [0.15, 0.2) is 0 Å². The Morgan fingerprint density at radius 1 is 1.17 bits per heavy atom. The summed E-state index contributed by atoms with van der Waals surface area (Å²) in [6.45, 7) is 5.18. The van der Waals surface area contributed by atoms with Gasteiger partial charge in [-0.3, -0.25) is 4.98 Å². The predicted molar refractivity (Wildman–Crippen MR) is 88.3 cm³/mol. The first kappa shape index (κ1) is 16.8. The average molecular weight is 339 g/mol. The topological polar surface area (TPSA) is 62.7 Å². The van der Waals surface area contributed by atoms with Gasteiger partial charge in [-0.1, -0.05) is 0 Å². The van der Waals surface area contributed by atoms with Crippen LogP contribution in [0.1, 0.15) is 24.1 Å². The van der Waals surface area contributed by atoms with Crippen molar-refractivity contribution in [1.82, 2.24) is 13.6 Å². The van der Waals surface area contributed by atoms with Crippen LogP contribution in [0.2, 0.25) is 0 Å². The first-order chi connectivity index (χ1) is 11.1. The lowest BCUT2D eigenvalue weighted by molar-refractivity contribution is 0.0693. The third-order valence-electron chi connectivity index (χ3n) is 4.68. The summed E-state index contributed by atoms with van der Waals surface area (Å²) in [5.74, 6) is 0.549. The number of hydrogen-bond donors (Lipinski definition) is 0. The van der Waals surface area contributed by atoms with E-state index in [1.807, 2.05) is 13.1 Å². The molecule has 128 valence electrons. The molecule has 0 N–H and O–H groups in total. The van der Waals surface area contributed by atoms with Gasteiger partial charge < -0.3 is 4.74 Å². The van der Waals surface area contributed by atoms with Gasteiger partial charge in [-0.05, 0) is 49.8 Å². The Morgan fingerprint density at radius 3 is 2.48 bits per heavy atom. The number of piperidine rings is 1. The van der Waals surface area contributed by atoms with Gasteiger partial charge in [0, 0.05) is 38.1 Å². The van der Waals surface area contributed by atoms with Crippen LogP contribution in [0.15, 0.2) is 18.3 Å². The molecule has 3 rings (SSSR count). The second-order valence-corrected chi connectivity index (χ2v) is 8.30. The lowest BCUT2D eigenvalue weighted by Crippen LogP contribution is -2.50. The summed E-state index contributed by atoms with van der Waals surface area (Å²) < 4.78 is 33.7. The van der Waals surface area contributed by atoms with E-state index in [2.05, 4.69) is 17.1 Å². The van der Waals surface area contributed by atoms with Crippen LogP contribution < -0.4 is 0 Å². The van der Waals surface area contributed by atoms with E-state index in [0.29, 0.717) is 45.3 Å². The highest BCUT2D eigenvalue weighted by Gasteiger charge is 2.33. The first-order valence-electron chi connectivity index (χ1n) is 8.30.